The van der Waals surface area contributed by atoms with Crippen LogP contribution >= 0.6 is 0 Å². The second-order valence-electron chi connectivity index (χ2n) is 4.82. The number of aliphatic hydroxyl groups is 1. The minimum atomic E-state index is -0.820. The number of hydrogen-bond donors (Lipinski definition) is 1. The molecule has 4 nitrogen and oxygen atoms in total. The van der Waals surface area contributed by atoms with Crippen molar-refractivity contribution < 1.29 is 9.90 Å². The highest BCUT2D eigenvalue weighted by atomic mass is 16.3. The van der Waals surface area contributed by atoms with Gasteiger partial charge in [0, 0.05) is 19.5 Å². The van der Waals surface area contributed by atoms with Gasteiger partial charge in [-0.15, -0.1) is 0 Å². The van der Waals surface area contributed by atoms with E-state index in [4.69, 9.17) is 0 Å². The number of carbonyl (C=O) groups is 1. The summed E-state index contributed by atoms with van der Waals surface area (Å²) in [5, 5.41) is 13.5. The minimum Gasteiger partial charge on any atom is -0.389 e. The molecule has 0 aromatic carbocycles. The van der Waals surface area contributed by atoms with Crippen LogP contribution in [0.3, 0.4) is 0 Å². The van der Waals surface area contributed by atoms with E-state index in [2.05, 4.69) is 11.9 Å². The predicted octanol–water partition coefficient (Wildman–Crippen LogP) is 1.01. The molecule has 88 valence electrons. The van der Waals surface area contributed by atoms with Crippen LogP contribution in [-0.2, 0) is 4.79 Å². The van der Waals surface area contributed by atoms with Gasteiger partial charge < -0.3 is 5.11 Å². The summed E-state index contributed by atoms with van der Waals surface area (Å²) in [6, 6.07) is 0. The summed E-state index contributed by atoms with van der Waals surface area (Å²) in [7, 11) is 0. The third-order valence-electron chi connectivity index (χ3n) is 2.45. The Balaban J connectivity index is 2.64. The number of amides is 1. The van der Waals surface area contributed by atoms with Crippen LogP contribution in [0.1, 0.15) is 40.0 Å². The number of nitrogens with zero attached hydrogens (tertiary/aromatic N) is 2. The molecule has 0 unspecified atom stereocenters. The lowest BCUT2D eigenvalue weighted by Crippen LogP contribution is -2.55. The van der Waals surface area contributed by atoms with Crippen LogP contribution in [0.2, 0.25) is 0 Å². The second kappa shape index (κ2) is 4.94. The minimum absolute atomic E-state index is 0.136. The summed E-state index contributed by atoms with van der Waals surface area (Å²) in [4.78, 5) is 11.7. The van der Waals surface area contributed by atoms with Crippen molar-refractivity contribution in [3.8, 4) is 0 Å². The Morgan fingerprint density at radius 1 is 1.47 bits per heavy atom. The lowest BCUT2D eigenvalue weighted by molar-refractivity contribution is -0.163. The van der Waals surface area contributed by atoms with E-state index < -0.39 is 5.60 Å². The molecule has 1 amide bonds. The van der Waals surface area contributed by atoms with Crippen LogP contribution in [0.5, 0.6) is 0 Å². The van der Waals surface area contributed by atoms with Gasteiger partial charge in [-0.3, -0.25) is 9.80 Å². The fraction of sp³-hybridized carbons (Fsp3) is 0.909. The molecule has 1 heterocycles. The average molecular weight is 214 g/mol. The van der Waals surface area contributed by atoms with Gasteiger partial charge in [-0.25, -0.2) is 5.01 Å². The van der Waals surface area contributed by atoms with Crippen LogP contribution in [0.4, 0.5) is 0 Å². The molecule has 0 bridgehead atoms. The number of rotatable bonds is 4. The van der Waals surface area contributed by atoms with Gasteiger partial charge in [-0.05, 0) is 26.7 Å². The Kier molecular flexibility index (Phi) is 4.11. The zero-order valence-electron chi connectivity index (χ0n) is 9.99. The first kappa shape index (κ1) is 12.5. The van der Waals surface area contributed by atoms with E-state index in [9.17, 15) is 9.90 Å². The fourth-order valence-electron chi connectivity index (χ4n) is 1.87. The van der Waals surface area contributed by atoms with Crippen molar-refractivity contribution in [2.45, 2.75) is 45.6 Å². The summed E-state index contributed by atoms with van der Waals surface area (Å²) in [5.41, 5.74) is -0.820. The molecule has 0 saturated carbocycles. The third-order valence-corrected chi connectivity index (χ3v) is 2.45. The van der Waals surface area contributed by atoms with Crippen molar-refractivity contribution in [1.82, 2.24) is 10.0 Å². The smallest absolute Gasteiger partial charge is 0.237 e. The number of hydrogen-bond acceptors (Lipinski definition) is 3. The molecule has 0 spiro atoms. The summed E-state index contributed by atoms with van der Waals surface area (Å²) in [6.45, 7) is 7.78. The zero-order chi connectivity index (χ0) is 11.5. The topological polar surface area (TPSA) is 43.8 Å². The summed E-state index contributed by atoms with van der Waals surface area (Å²) in [5.74, 6) is 0.136. The molecule has 1 saturated heterocycles. The molecule has 1 rings (SSSR count). The van der Waals surface area contributed by atoms with Crippen molar-refractivity contribution >= 4 is 5.91 Å². The maximum Gasteiger partial charge on any atom is 0.237 e. The number of hydrazine groups is 1. The summed E-state index contributed by atoms with van der Waals surface area (Å²) in [6.07, 6.45) is 2.56. The molecule has 1 aliphatic heterocycles. The highest BCUT2D eigenvalue weighted by Crippen LogP contribution is 2.16. The first-order valence-electron chi connectivity index (χ1n) is 5.71. The Hall–Kier alpha value is -0.610. The van der Waals surface area contributed by atoms with Crippen molar-refractivity contribution in [3.05, 3.63) is 0 Å². The van der Waals surface area contributed by atoms with Crippen molar-refractivity contribution in [2.75, 3.05) is 19.6 Å². The Bertz CT molecular complexity index is 221. The highest BCUT2D eigenvalue weighted by molar-refractivity contribution is 5.76. The maximum atomic E-state index is 11.7. The molecule has 0 aromatic rings. The first-order chi connectivity index (χ1) is 6.94. The third kappa shape index (κ3) is 3.80. The van der Waals surface area contributed by atoms with Gasteiger partial charge in [0.25, 0.3) is 0 Å². The van der Waals surface area contributed by atoms with E-state index in [1.54, 1.807) is 18.9 Å². The van der Waals surface area contributed by atoms with Crippen LogP contribution in [-0.4, -0.2) is 46.3 Å². The van der Waals surface area contributed by atoms with Crippen molar-refractivity contribution in [1.29, 1.82) is 0 Å². The maximum absolute atomic E-state index is 11.7. The van der Waals surface area contributed by atoms with E-state index in [0.29, 0.717) is 13.0 Å². The first-order valence-corrected chi connectivity index (χ1v) is 5.71. The number of β-amino-alcohol motifs (C(OH)–C–C–N with tert-alkyl or cyclic N) is 1. The summed E-state index contributed by atoms with van der Waals surface area (Å²) < 4.78 is 0. The van der Waals surface area contributed by atoms with Gasteiger partial charge in [0.15, 0.2) is 0 Å². The quantitative estimate of drug-likeness (QED) is 0.759. The van der Waals surface area contributed by atoms with Gasteiger partial charge in [0.1, 0.15) is 0 Å². The lowest BCUT2D eigenvalue weighted by Gasteiger charge is -2.41. The molecule has 1 N–H and O–H groups in total. The van der Waals surface area contributed by atoms with Crippen LogP contribution in [0.15, 0.2) is 0 Å². The number of carbonyl (C=O) groups excluding carboxylic acids is 1. The molecule has 0 aromatic heterocycles. The molecular formula is C11H22N2O2. The van der Waals surface area contributed by atoms with E-state index in [1.807, 2.05) is 0 Å². The predicted molar refractivity (Wildman–Crippen MR) is 59.1 cm³/mol. The molecule has 1 aliphatic rings. The Morgan fingerprint density at radius 2 is 2.13 bits per heavy atom. The zero-order valence-corrected chi connectivity index (χ0v) is 9.99. The van der Waals surface area contributed by atoms with Gasteiger partial charge >= 0.3 is 0 Å². The van der Waals surface area contributed by atoms with E-state index in [0.717, 1.165) is 25.9 Å². The van der Waals surface area contributed by atoms with Gasteiger partial charge in [0.2, 0.25) is 5.91 Å². The van der Waals surface area contributed by atoms with E-state index >= 15 is 0 Å². The SMILES string of the molecule is CCCN1CCCC(=O)N1CC(C)(C)O. The monoisotopic (exact) mass is 214 g/mol. The average Bonchev–Trinajstić information content (AvgIpc) is 2.10. The van der Waals surface area contributed by atoms with Crippen LogP contribution in [0.25, 0.3) is 0 Å². The molecule has 0 radical (unpaired) electrons. The molecule has 15 heavy (non-hydrogen) atoms. The molecule has 0 atom stereocenters. The molecule has 4 heteroatoms. The summed E-state index contributed by atoms with van der Waals surface area (Å²) >= 11 is 0. The van der Waals surface area contributed by atoms with Gasteiger partial charge in [0.05, 0.1) is 12.1 Å². The standard InChI is InChI=1S/C11H22N2O2/c1-4-7-12-8-5-6-10(14)13(12)9-11(2,3)15/h15H,4-9H2,1-3H3. The lowest BCUT2D eigenvalue weighted by atomic mass is 10.1. The normalized spacial score (nSPS) is 19.7. The molecule has 0 aliphatic carbocycles. The van der Waals surface area contributed by atoms with Crippen LogP contribution in [0, 0.1) is 0 Å². The van der Waals surface area contributed by atoms with Crippen LogP contribution < -0.4 is 0 Å². The highest BCUT2D eigenvalue weighted by Gasteiger charge is 2.29. The van der Waals surface area contributed by atoms with Crippen molar-refractivity contribution in [2.24, 2.45) is 0 Å². The second-order valence-corrected chi connectivity index (χ2v) is 4.82. The molecule has 1 fully saturated rings. The fourth-order valence-corrected chi connectivity index (χ4v) is 1.87. The van der Waals surface area contributed by atoms with E-state index in [1.165, 1.54) is 0 Å². The van der Waals surface area contributed by atoms with E-state index in [-0.39, 0.29) is 5.91 Å². The van der Waals surface area contributed by atoms with Crippen molar-refractivity contribution in [3.63, 3.8) is 0 Å². The largest absolute Gasteiger partial charge is 0.389 e. The Labute approximate surface area is 91.8 Å². The van der Waals surface area contributed by atoms with Gasteiger partial charge in [-0.1, -0.05) is 6.92 Å². The molecular weight excluding hydrogens is 192 g/mol. The Morgan fingerprint density at radius 3 is 2.67 bits per heavy atom. The van der Waals surface area contributed by atoms with Gasteiger partial charge in [-0.2, -0.15) is 0 Å².